The predicted octanol–water partition coefficient (Wildman–Crippen LogP) is 1.25. The molecule has 2 rings (SSSR count). The number of rotatable bonds is 5. The lowest BCUT2D eigenvalue weighted by molar-refractivity contribution is 0.250. The minimum absolute atomic E-state index is 0.0914. The number of nitrogens with zero attached hydrogens (tertiary/aromatic N) is 3. The van der Waals surface area contributed by atoms with Crippen molar-refractivity contribution in [2.75, 3.05) is 24.6 Å². The first-order valence-corrected chi connectivity index (χ1v) is 7.13. The Balaban J connectivity index is 2.05. The van der Waals surface area contributed by atoms with Crippen molar-refractivity contribution in [1.29, 1.82) is 0 Å². The highest BCUT2D eigenvalue weighted by Gasteiger charge is 2.14. The van der Waals surface area contributed by atoms with E-state index in [0.29, 0.717) is 6.54 Å². The average Bonchev–Trinajstić information content (AvgIpc) is 2.45. The van der Waals surface area contributed by atoms with Gasteiger partial charge in [0.15, 0.2) is 0 Å². The maximum atomic E-state index is 9.02. The molecule has 1 aromatic heterocycles. The van der Waals surface area contributed by atoms with Gasteiger partial charge >= 0.3 is 0 Å². The van der Waals surface area contributed by atoms with Gasteiger partial charge in [-0.15, -0.1) is 0 Å². The fourth-order valence-electron chi connectivity index (χ4n) is 2.29. The van der Waals surface area contributed by atoms with Crippen LogP contribution in [-0.2, 0) is 6.54 Å². The Morgan fingerprint density at radius 1 is 1.32 bits per heavy atom. The molecule has 1 fully saturated rings. The summed E-state index contributed by atoms with van der Waals surface area (Å²) in [7, 11) is 0. The summed E-state index contributed by atoms with van der Waals surface area (Å²) in [4.78, 5) is 11.4. The van der Waals surface area contributed by atoms with Crippen molar-refractivity contribution < 1.29 is 5.11 Å². The number of hydrogen-bond acceptors (Lipinski definition) is 5. The highest BCUT2D eigenvalue weighted by molar-refractivity contribution is 5.32. The third-order valence-electron chi connectivity index (χ3n) is 3.44. The number of aliphatic hydroxyl groups is 1. The first-order chi connectivity index (χ1) is 9.19. The van der Waals surface area contributed by atoms with Gasteiger partial charge in [0.1, 0.15) is 0 Å². The smallest absolute Gasteiger partial charge is 0.225 e. The molecule has 1 aliphatic heterocycles. The summed E-state index contributed by atoms with van der Waals surface area (Å²) in [5.74, 6) is 0.855. The standard InChI is InChI=1S/C14H24N4O/c1-11-8-13(9-15-12(2)10-19)17-14(16-11)18-6-4-3-5-7-18/h8,12,15,19H,3-7,9-10H2,1-2H3/t12-/m1/s1. The van der Waals surface area contributed by atoms with E-state index in [4.69, 9.17) is 5.11 Å². The van der Waals surface area contributed by atoms with Crippen molar-refractivity contribution in [3.8, 4) is 0 Å². The molecule has 106 valence electrons. The van der Waals surface area contributed by atoms with Crippen molar-refractivity contribution in [2.45, 2.75) is 45.7 Å². The van der Waals surface area contributed by atoms with Crippen LogP contribution in [0.25, 0.3) is 0 Å². The van der Waals surface area contributed by atoms with Gasteiger partial charge < -0.3 is 15.3 Å². The lowest BCUT2D eigenvalue weighted by Crippen LogP contribution is -2.32. The molecule has 0 aromatic carbocycles. The second-order valence-electron chi connectivity index (χ2n) is 5.31. The Hall–Kier alpha value is -1.20. The van der Waals surface area contributed by atoms with Crippen molar-refractivity contribution in [1.82, 2.24) is 15.3 Å². The van der Waals surface area contributed by atoms with Gasteiger partial charge in [0.2, 0.25) is 5.95 Å². The number of nitrogens with one attached hydrogen (secondary N) is 1. The van der Waals surface area contributed by atoms with E-state index >= 15 is 0 Å². The van der Waals surface area contributed by atoms with Gasteiger partial charge in [0.25, 0.3) is 0 Å². The zero-order chi connectivity index (χ0) is 13.7. The first kappa shape index (κ1) is 14.2. The van der Waals surface area contributed by atoms with Crippen LogP contribution in [-0.4, -0.2) is 40.8 Å². The SMILES string of the molecule is Cc1cc(CN[C@H](C)CO)nc(N2CCCCC2)n1. The number of piperidine rings is 1. The number of aromatic nitrogens is 2. The fourth-order valence-corrected chi connectivity index (χ4v) is 2.29. The summed E-state index contributed by atoms with van der Waals surface area (Å²) < 4.78 is 0. The van der Waals surface area contributed by atoms with Crippen LogP contribution >= 0.6 is 0 Å². The molecule has 0 saturated carbocycles. The summed E-state index contributed by atoms with van der Waals surface area (Å²) in [6.45, 7) is 6.90. The number of anilines is 1. The van der Waals surface area contributed by atoms with Crippen molar-refractivity contribution >= 4 is 5.95 Å². The fraction of sp³-hybridized carbons (Fsp3) is 0.714. The van der Waals surface area contributed by atoms with Crippen LogP contribution in [0.3, 0.4) is 0 Å². The van der Waals surface area contributed by atoms with Gasteiger partial charge in [-0.1, -0.05) is 0 Å². The molecule has 2 N–H and O–H groups in total. The molecule has 0 unspecified atom stereocenters. The highest BCUT2D eigenvalue weighted by atomic mass is 16.3. The van der Waals surface area contributed by atoms with Crippen molar-refractivity contribution in [2.24, 2.45) is 0 Å². The third-order valence-corrected chi connectivity index (χ3v) is 3.44. The molecule has 0 spiro atoms. The summed E-state index contributed by atoms with van der Waals surface area (Å²) in [6.07, 6.45) is 3.77. The summed E-state index contributed by atoms with van der Waals surface area (Å²) in [5.41, 5.74) is 2.00. The van der Waals surface area contributed by atoms with Crippen LogP contribution in [0.1, 0.15) is 37.6 Å². The third kappa shape index (κ3) is 4.14. The molecule has 0 radical (unpaired) electrons. The monoisotopic (exact) mass is 264 g/mol. The van der Waals surface area contributed by atoms with Crippen LogP contribution in [0.5, 0.6) is 0 Å². The lowest BCUT2D eigenvalue weighted by Gasteiger charge is -2.27. The zero-order valence-electron chi connectivity index (χ0n) is 11.9. The molecule has 19 heavy (non-hydrogen) atoms. The van der Waals surface area contributed by atoms with E-state index in [-0.39, 0.29) is 12.6 Å². The molecule has 0 amide bonds. The van der Waals surface area contributed by atoms with Crippen LogP contribution in [0.15, 0.2) is 6.07 Å². The van der Waals surface area contributed by atoms with Gasteiger partial charge in [-0.2, -0.15) is 0 Å². The molecule has 1 aliphatic rings. The minimum atomic E-state index is 0.0914. The molecule has 2 heterocycles. The van der Waals surface area contributed by atoms with Crippen LogP contribution in [0.4, 0.5) is 5.95 Å². The lowest BCUT2D eigenvalue weighted by atomic mass is 10.1. The van der Waals surface area contributed by atoms with E-state index in [0.717, 1.165) is 30.4 Å². The minimum Gasteiger partial charge on any atom is -0.395 e. The molecular weight excluding hydrogens is 240 g/mol. The van der Waals surface area contributed by atoms with Gasteiger partial charge in [0.05, 0.1) is 12.3 Å². The Kier molecular flexibility index (Phi) is 5.10. The predicted molar refractivity (Wildman–Crippen MR) is 76.2 cm³/mol. The van der Waals surface area contributed by atoms with E-state index < -0.39 is 0 Å². The summed E-state index contributed by atoms with van der Waals surface area (Å²) in [6, 6.07) is 2.10. The Labute approximate surface area is 115 Å². The topological polar surface area (TPSA) is 61.3 Å². The van der Waals surface area contributed by atoms with Gasteiger partial charge in [0, 0.05) is 31.4 Å². The van der Waals surface area contributed by atoms with Crippen LogP contribution in [0.2, 0.25) is 0 Å². The Morgan fingerprint density at radius 3 is 2.74 bits per heavy atom. The zero-order valence-corrected chi connectivity index (χ0v) is 11.9. The van der Waals surface area contributed by atoms with Gasteiger partial charge in [-0.05, 0) is 39.2 Å². The van der Waals surface area contributed by atoms with E-state index in [9.17, 15) is 0 Å². The highest BCUT2D eigenvalue weighted by Crippen LogP contribution is 2.16. The molecule has 1 atom stereocenters. The van der Waals surface area contributed by atoms with Gasteiger partial charge in [-0.3, -0.25) is 0 Å². The Morgan fingerprint density at radius 2 is 2.05 bits per heavy atom. The van der Waals surface area contributed by atoms with Crippen molar-refractivity contribution in [3.05, 3.63) is 17.5 Å². The average molecular weight is 264 g/mol. The van der Waals surface area contributed by atoms with E-state index in [1.165, 1.54) is 19.3 Å². The van der Waals surface area contributed by atoms with Gasteiger partial charge in [-0.25, -0.2) is 9.97 Å². The van der Waals surface area contributed by atoms with E-state index in [1.54, 1.807) is 0 Å². The number of hydrogen-bond donors (Lipinski definition) is 2. The van der Waals surface area contributed by atoms with Crippen LogP contribution < -0.4 is 10.2 Å². The van der Waals surface area contributed by atoms with Crippen molar-refractivity contribution in [3.63, 3.8) is 0 Å². The quantitative estimate of drug-likeness (QED) is 0.838. The maximum Gasteiger partial charge on any atom is 0.225 e. The van der Waals surface area contributed by atoms with Crippen LogP contribution in [0, 0.1) is 6.92 Å². The molecule has 0 aliphatic carbocycles. The summed E-state index contributed by atoms with van der Waals surface area (Å²) >= 11 is 0. The number of aliphatic hydroxyl groups excluding tert-OH is 1. The largest absolute Gasteiger partial charge is 0.395 e. The second-order valence-corrected chi connectivity index (χ2v) is 5.31. The molecule has 1 saturated heterocycles. The molecule has 5 nitrogen and oxygen atoms in total. The van der Waals surface area contributed by atoms with E-state index in [2.05, 4.69) is 20.2 Å². The maximum absolute atomic E-state index is 9.02. The normalized spacial score (nSPS) is 17.5. The molecule has 1 aromatic rings. The summed E-state index contributed by atoms with van der Waals surface area (Å²) in [5, 5.41) is 12.3. The Bertz CT molecular complexity index is 404. The second kappa shape index (κ2) is 6.82. The molecule has 5 heteroatoms. The van der Waals surface area contributed by atoms with E-state index in [1.807, 2.05) is 19.9 Å². The number of aryl methyl sites for hydroxylation is 1. The molecular formula is C14H24N4O. The molecule has 0 bridgehead atoms. The first-order valence-electron chi connectivity index (χ1n) is 7.13.